The standard InChI is InChI=1S/C16H22N2O2S/c1-20-14-8-6-12(7-9-14)10-16(19)18(11-15(17)21)13-4-2-3-5-13/h6-9,13H,2-5,10-11H2,1H3,(H2,17,21). The van der Waals surface area contributed by atoms with E-state index in [1.807, 2.05) is 29.2 Å². The number of carbonyl (C=O) groups is 1. The molecule has 0 spiro atoms. The summed E-state index contributed by atoms with van der Waals surface area (Å²) in [5.41, 5.74) is 6.63. The number of thiocarbonyl (C=S) groups is 1. The van der Waals surface area contributed by atoms with E-state index in [-0.39, 0.29) is 11.9 Å². The highest BCUT2D eigenvalue weighted by atomic mass is 32.1. The van der Waals surface area contributed by atoms with Crippen molar-refractivity contribution in [2.45, 2.75) is 38.1 Å². The monoisotopic (exact) mass is 306 g/mol. The third-order valence-electron chi connectivity index (χ3n) is 3.93. The molecular formula is C16H22N2O2S. The number of carbonyl (C=O) groups excluding carboxylic acids is 1. The summed E-state index contributed by atoms with van der Waals surface area (Å²) in [6, 6.07) is 7.87. The van der Waals surface area contributed by atoms with Crippen LogP contribution < -0.4 is 10.5 Å². The number of hydrogen-bond donors (Lipinski definition) is 1. The predicted octanol–water partition coefficient (Wildman–Crippen LogP) is 2.29. The maximum absolute atomic E-state index is 12.6. The van der Waals surface area contributed by atoms with E-state index in [1.165, 1.54) is 12.8 Å². The molecule has 1 amide bonds. The van der Waals surface area contributed by atoms with Gasteiger partial charge in [-0.05, 0) is 30.5 Å². The van der Waals surface area contributed by atoms with Crippen LogP contribution >= 0.6 is 12.2 Å². The number of rotatable bonds is 6. The topological polar surface area (TPSA) is 55.6 Å². The van der Waals surface area contributed by atoms with Gasteiger partial charge in [-0.15, -0.1) is 0 Å². The quantitative estimate of drug-likeness (QED) is 0.819. The Bertz CT molecular complexity index is 496. The van der Waals surface area contributed by atoms with Gasteiger partial charge in [0.05, 0.1) is 25.1 Å². The van der Waals surface area contributed by atoms with E-state index in [1.54, 1.807) is 7.11 Å². The molecule has 114 valence electrons. The summed E-state index contributed by atoms with van der Waals surface area (Å²) >= 11 is 4.99. The van der Waals surface area contributed by atoms with Crippen molar-refractivity contribution in [1.82, 2.24) is 4.90 Å². The van der Waals surface area contributed by atoms with Gasteiger partial charge in [0.25, 0.3) is 0 Å². The largest absolute Gasteiger partial charge is 0.497 e. The summed E-state index contributed by atoms with van der Waals surface area (Å²) in [7, 11) is 1.63. The minimum absolute atomic E-state index is 0.0971. The first-order valence-electron chi connectivity index (χ1n) is 7.31. The minimum atomic E-state index is 0.0971. The molecule has 21 heavy (non-hydrogen) atoms. The van der Waals surface area contributed by atoms with Crippen LogP contribution in [0, 0.1) is 0 Å². The summed E-state index contributed by atoms with van der Waals surface area (Å²) in [6.07, 6.45) is 4.83. The molecule has 1 aliphatic carbocycles. The van der Waals surface area contributed by atoms with Crippen LogP contribution in [0.25, 0.3) is 0 Å². The second-order valence-electron chi connectivity index (χ2n) is 5.45. The molecule has 1 saturated carbocycles. The zero-order valence-corrected chi connectivity index (χ0v) is 13.2. The Morgan fingerprint density at radius 1 is 1.33 bits per heavy atom. The van der Waals surface area contributed by atoms with E-state index in [9.17, 15) is 4.79 Å². The number of nitrogens with zero attached hydrogens (tertiary/aromatic N) is 1. The number of methoxy groups -OCH3 is 1. The van der Waals surface area contributed by atoms with Gasteiger partial charge in [0.15, 0.2) is 0 Å². The number of nitrogens with two attached hydrogens (primary N) is 1. The lowest BCUT2D eigenvalue weighted by atomic mass is 10.1. The van der Waals surface area contributed by atoms with Crippen molar-refractivity contribution < 1.29 is 9.53 Å². The average Bonchev–Trinajstić information content (AvgIpc) is 2.99. The van der Waals surface area contributed by atoms with Crippen LogP contribution in [0.5, 0.6) is 5.75 Å². The first-order chi connectivity index (χ1) is 10.1. The Kier molecular flexibility index (Phi) is 5.56. The first-order valence-corrected chi connectivity index (χ1v) is 7.71. The fourth-order valence-electron chi connectivity index (χ4n) is 2.82. The van der Waals surface area contributed by atoms with Crippen LogP contribution in [0.1, 0.15) is 31.2 Å². The highest BCUT2D eigenvalue weighted by Gasteiger charge is 2.26. The number of hydrogen-bond acceptors (Lipinski definition) is 3. The molecule has 1 aromatic rings. The van der Waals surface area contributed by atoms with Crippen molar-refractivity contribution in [3.8, 4) is 5.75 Å². The molecule has 0 radical (unpaired) electrons. The van der Waals surface area contributed by atoms with Gasteiger partial charge in [-0.2, -0.15) is 0 Å². The molecule has 1 aromatic carbocycles. The molecule has 0 heterocycles. The maximum atomic E-state index is 12.6. The molecule has 0 aliphatic heterocycles. The third kappa shape index (κ3) is 4.43. The SMILES string of the molecule is COc1ccc(CC(=O)N(CC(N)=S)C2CCCC2)cc1. The van der Waals surface area contributed by atoms with Crippen molar-refractivity contribution >= 4 is 23.1 Å². The lowest BCUT2D eigenvalue weighted by Crippen LogP contribution is -2.44. The summed E-state index contributed by atoms with van der Waals surface area (Å²) in [6.45, 7) is 0.384. The van der Waals surface area contributed by atoms with Crippen molar-refractivity contribution in [3.63, 3.8) is 0 Å². The summed E-state index contributed by atoms with van der Waals surface area (Å²) in [5.74, 6) is 0.891. The van der Waals surface area contributed by atoms with Gasteiger partial charge in [0, 0.05) is 6.04 Å². The molecule has 0 unspecified atom stereocenters. The van der Waals surface area contributed by atoms with E-state index in [0.717, 1.165) is 24.2 Å². The van der Waals surface area contributed by atoms with Crippen LogP contribution in [0.4, 0.5) is 0 Å². The fraction of sp³-hybridized carbons (Fsp3) is 0.500. The van der Waals surface area contributed by atoms with Gasteiger partial charge < -0.3 is 15.4 Å². The molecule has 1 fully saturated rings. The Balaban J connectivity index is 2.04. The number of ether oxygens (including phenoxy) is 1. The van der Waals surface area contributed by atoms with Crippen molar-refractivity contribution in [1.29, 1.82) is 0 Å². The average molecular weight is 306 g/mol. The van der Waals surface area contributed by atoms with E-state index in [2.05, 4.69) is 0 Å². The molecule has 0 atom stereocenters. The first kappa shape index (κ1) is 15.8. The van der Waals surface area contributed by atoms with Gasteiger partial charge in [-0.3, -0.25) is 4.79 Å². The van der Waals surface area contributed by atoms with E-state index < -0.39 is 0 Å². The lowest BCUT2D eigenvalue weighted by Gasteiger charge is -2.28. The molecule has 4 nitrogen and oxygen atoms in total. The van der Waals surface area contributed by atoms with Gasteiger partial charge >= 0.3 is 0 Å². The highest BCUT2D eigenvalue weighted by molar-refractivity contribution is 7.80. The number of benzene rings is 1. The Morgan fingerprint density at radius 3 is 2.48 bits per heavy atom. The van der Waals surface area contributed by atoms with Crippen LogP contribution in [-0.2, 0) is 11.2 Å². The zero-order valence-electron chi connectivity index (χ0n) is 12.4. The van der Waals surface area contributed by atoms with Crippen molar-refractivity contribution in [3.05, 3.63) is 29.8 Å². The Hall–Kier alpha value is -1.62. The molecule has 5 heteroatoms. The Labute approximate surface area is 131 Å². The molecule has 0 saturated heterocycles. The molecule has 0 bridgehead atoms. The van der Waals surface area contributed by atoms with Gasteiger partial charge in [-0.25, -0.2) is 0 Å². The van der Waals surface area contributed by atoms with Crippen LogP contribution in [0.15, 0.2) is 24.3 Å². The van der Waals surface area contributed by atoms with Crippen LogP contribution in [-0.4, -0.2) is 35.5 Å². The summed E-state index contributed by atoms with van der Waals surface area (Å²) in [5, 5.41) is 0. The van der Waals surface area contributed by atoms with Gasteiger partial charge in [0.2, 0.25) is 5.91 Å². The van der Waals surface area contributed by atoms with Crippen LogP contribution in [0.3, 0.4) is 0 Å². The molecule has 1 aliphatic rings. The fourth-order valence-corrected chi connectivity index (χ4v) is 2.96. The second-order valence-corrected chi connectivity index (χ2v) is 5.98. The molecular weight excluding hydrogens is 284 g/mol. The Morgan fingerprint density at radius 2 is 1.95 bits per heavy atom. The zero-order chi connectivity index (χ0) is 15.2. The van der Waals surface area contributed by atoms with Crippen molar-refractivity contribution in [2.24, 2.45) is 5.73 Å². The molecule has 2 N–H and O–H groups in total. The summed E-state index contributed by atoms with van der Waals surface area (Å²) < 4.78 is 5.13. The highest BCUT2D eigenvalue weighted by Crippen LogP contribution is 2.24. The smallest absolute Gasteiger partial charge is 0.227 e. The lowest BCUT2D eigenvalue weighted by molar-refractivity contribution is -0.131. The van der Waals surface area contributed by atoms with E-state index in [4.69, 9.17) is 22.7 Å². The van der Waals surface area contributed by atoms with E-state index >= 15 is 0 Å². The predicted molar refractivity (Wildman–Crippen MR) is 87.5 cm³/mol. The van der Waals surface area contributed by atoms with Crippen molar-refractivity contribution in [2.75, 3.05) is 13.7 Å². The van der Waals surface area contributed by atoms with E-state index in [0.29, 0.717) is 18.0 Å². The molecule has 2 rings (SSSR count). The second kappa shape index (κ2) is 7.41. The summed E-state index contributed by atoms with van der Waals surface area (Å²) in [4.78, 5) is 14.8. The molecule has 0 aromatic heterocycles. The van der Waals surface area contributed by atoms with Gasteiger partial charge in [0.1, 0.15) is 5.75 Å². The maximum Gasteiger partial charge on any atom is 0.227 e. The minimum Gasteiger partial charge on any atom is -0.497 e. The van der Waals surface area contributed by atoms with Gasteiger partial charge in [-0.1, -0.05) is 37.2 Å². The number of amides is 1. The third-order valence-corrected chi connectivity index (χ3v) is 4.06. The van der Waals surface area contributed by atoms with Crippen LogP contribution in [0.2, 0.25) is 0 Å². The normalized spacial score (nSPS) is 14.9.